The smallest absolute Gasteiger partial charge is 0.297 e. The lowest BCUT2D eigenvalue weighted by Crippen LogP contribution is -2.21. The first-order chi connectivity index (χ1) is 9.58. The Morgan fingerprint density at radius 1 is 1.33 bits per heavy atom. The second-order valence-electron chi connectivity index (χ2n) is 3.93. The third-order valence-corrected chi connectivity index (χ3v) is 4.77. The molecule has 0 heterocycles. The Morgan fingerprint density at radius 3 is 2.48 bits per heavy atom. The van der Waals surface area contributed by atoms with Gasteiger partial charge in [0.2, 0.25) is 0 Å². The minimum atomic E-state index is -4.70. The molecular weight excluding hydrogens is 320 g/mol. The summed E-state index contributed by atoms with van der Waals surface area (Å²) in [7, 11) is -8.13. The molecule has 1 rings (SSSR count). The topological polar surface area (TPSA) is 144 Å². The maximum atomic E-state index is 11.9. The van der Waals surface area contributed by atoms with Gasteiger partial charge in [-0.3, -0.25) is 9.35 Å². The van der Waals surface area contributed by atoms with E-state index >= 15 is 0 Å². The highest BCUT2D eigenvalue weighted by Crippen LogP contribution is 2.22. The van der Waals surface area contributed by atoms with Crippen LogP contribution in [0.5, 0.6) is 0 Å². The summed E-state index contributed by atoms with van der Waals surface area (Å²) in [4.78, 5) is 11.1. The van der Waals surface area contributed by atoms with Crippen molar-refractivity contribution in [2.24, 2.45) is 0 Å². The Morgan fingerprint density at radius 2 is 1.95 bits per heavy atom. The molecule has 1 amide bonds. The lowest BCUT2D eigenvalue weighted by atomic mass is 10.2. The van der Waals surface area contributed by atoms with Crippen LogP contribution in [0.1, 0.15) is 17.3 Å². The second-order valence-corrected chi connectivity index (χ2v) is 7.46. The number of carbonyl (C=O) groups excluding carboxylic acids is 1. The SMILES string of the molecule is CCS(=O)(=O)C=CNC(=O)c1cccc(N)c1S(=O)(=O)O. The van der Waals surface area contributed by atoms with Gasteiger partial charge in [0.1, 0.15) is 4.90 Å². The lowest BCUT2D eigenvalue weighted by Gasteiger charge is -2.08. The number of benzene rings is 1. The number of amides is 1. The maximum absolute atomic E-state index is 11.9. The predicted octanol–water partition coefficient (Wildman–Crippen LogP) is 0.151. The van der Waals surface area contributed by atoms with Crippen LogP contribution in [0.3, 0.4) is 0 Å². The average molecular weight is 334 g/mol. The fraction of sp³-hybridized carbons (Fsp3) is 0.182. The van der Waals surface area contributed by atoms with Crippen LogP contribution >= 0.6 is 0 Å². The van der Waals surface area contributed by atoms with Crippen molar-refractivity contribution in [1.29, 1.82) is 0 Å². The molecule has 116 valence electrons. The standard InChI is InChI=1S/C11H14N2O6S2/c1-2-20(15,16)7-6-13-11(14)8-4-3-5-9(12)10(8)21(17,18)19/h3-7H,2,12H2,1H3,(H,13,14)(H,17,18,19). The molecule has 0 unspecified atom stereocenters. The van der Waals surface area contributed by atoms with Crippen molar-refractivity contribution in [3.8, 4) is 0 Å². The van der Waals surface area contributed by atoms with Crippen molar-refractivity contribution in [3.05, 3.63) is 35.4 Å². The summed E-state index contributed by atoms with van der Waals surface area (Å²) in [6, 6.07) is 3.67. The highest BCUT2D eigenvalue weighted by Gasteiger charge is 2.22. The summed E-state index contributed by atoms with van der Waals surface area (Å²) in [5, 5.41) is 2.88. The first kappa shape index (κ1) is 17.1. The molecule has 0 fully saturated rings. The van der Waals surface area contributed by atoms with Crippen LogP contribution in [0, 0.1) is 0 Å². The van der Waals surface area contributed by atoms with E-state index in [-0.39, 0.29) is 11.4 Å². The van der Waals surface area contributed by atoms with E-state index in [4.69, 9.17) is 10.3 Å². The zero-order chi connectivity index (χ0) is 16.3. The fourth-order valence-electron chi connectivity index (χ4n) is 1.41. The fourth-order valence-corrected chi connectivity index (χ4v) is 2.68. The van der Waals surface area contributed by atoms with Crippen molar-refractivity contribution in [3.63, 3.8) is 0 Å². The first-order valence-electron chi connectivity index (χ1n) is 5.64. The molecule has 0 saturated heterocycles. The predicted molar refractivity (Wildman–Crippen MR) is 76.7 cm³/mol. The number of hydrogen-bond donors (Lipinski definition) is 3. The number of sulfone groups is 1. The molecule has 1 aromatic carbocycles. The van der Waals surface area contributed by atoms with Crippen LogP contribution in [-0.4, -0.2) is 33.0 Å². The van der Waals surface area contributed by atoms with Crippen LogP contribution in [0.4, 0.5) is 5.69 Å². The Bertz CT molecular complexity index is 781. The molecule has 0 spiro atoms. The largest absolute Gasteiger partial charge is 0.398 e. The highest BCUT2D eigenvalue weighted by atomic mass is 32.2. The highest BCUT2D eigenvalue weighted by molar-refractivity contribution is 7.94. The van der Waals surface area contributed by atoms with Crippen molar-refractivity contribution >= 4 is 31.5 Å². The maximum Gasteiger partial charge on any atom is 0.297 e. The van der Waals surface area contributed by atoms with E-state index in [1.165, 1.54) is 19.1 Å². The van der Waals surface area contributed by atoms with Crippen molar-refractivity contribution in [2.45, 2.75) is 11.8 Å². The van der Waals surface area contributed by atoms with Crippen LogP contribution in [0.15, 0.2) is 34.7 Å². The summed E-state index contributed by atoms with van der Waals surface area (Å²) in [5.74, 6) is -1.06. The molecule has 0 aliphatic rings. The van der Waals surface area contributed by atoms with Crippen LogP contribution in [0.2, 0.25) is 0 Å². The van der Waals surface area contributed by atoms with Gasteiger partial charge in [-0.25, -0.2) is 8.42 Å². The molecule has 8 nitrogen and oxygen atoms in total. The van der Waals surface area contributed by atoms with Gasteiger partial charge in [0.15, 0.2) is 9.84 Å². The Kier molecular flexibility index (Phi) is 5.10. The van der Waals surface area contributed by atoms with Gasteiger partial charge in [0.25, 0.3) is 16.0 Å². The van der Waals surface area contributed by atoms with Gasteiger partial charge in [-0.2, -0.15) is 8.42 Å². The summed E-state index contributed by atoms with van der Waals surface area (Å²) in [6.07, 6.45) is 0.873. The summed E-state index contributed by atoms with van der Waals surface area (Å²) in [6.45, 7) is 1.43. The lowest BCUT2D eigenvalue weighted by molar-refractivity contribution is 0.0966. The summed E-state index contributed by atoms with van der Waals surface area (Å²) in [5.41, 5.74) is 4.74. The number of nitrogens with one attached hydrogen (secondary N) is 1. The van der Waals surface area contributed by atoms with Crippen molar-refractivity contribution in [1.82, 2.24) is 5.32 Å². The van der Waals surface area contributed by atoms with Gasteiger partial charge < -0.3 is 11.1 Å². The van der Waals surface area contributed by atoms with E-state index in [2.05, 4.69) is 5.32 Å². The molecule has 10 heteroatoms. The second kappa shape index (κ2) is 6.24. The van der Waals surface area contributed by atoms with Gasteiger partial charge in [-0.05, 0) is 12.1 Å². The molecule has 0 saturated carbocycles. The molecule has 0 aliphatic heterocycles. The first-order valence-corrected chi connectivity index (χ1v) is 8.80. The zero-order valence-corrected chi connectivity index (χ0v) is 12.6. The summed E-state index contributed by atoms with van der Waals surface area (Å²) < 4.78 is 54.0. The number of rotatable bonds is 5. The average Bonchev–Trinajstić information content (AvgIpc) is 2.36. The molecule has 0 atom stereocenters. The third-order valence-electron chi connectivity index (χ3n) is 2.44. The third kappa shape index (κ3) is 4.55. The molecule has 0 aromatic heterocycles. The van der Waals surface area contributed by atoms with Gasteiger partial charge >= 0.3 is 0 Å². The number of nitrogens with two attached hydrogens (primary N) is 1. The summed E-state index contributed by atoms with van der Waals surface area (Å²) >= 11 is 0. The minimum Gasteiger partial charge on any atom is -0.398 e. The van der Waals surface area contributed by atoms with Gasteiger partial charge in [0, 0.05) is 11.6 Å². The van der Waals surface area contributed by atoms with Gasteiger partial charge in [-0.1, -0.05) is 13.0 Å². The molecule has 4 N–H and O–H groups in total. The zero-order valence-electron chi connectivity index (χ0n) is 11.0. The van der Waals surface area contributed by atoms with E-state index in [0.29, 0.717) is 0 Å². The normalized spacial score (nSPS) is 12.5. The van der Waals surface area contributed by atoms with Crippen LogP contribution < -0.4 is 11.1 Å². The molecule has 0 bridgehead atoms. The molecule has 21 heavy (non-hydrogen) atoms. The van der Waals surface area contributed by atoms with Crippen molar-refractivity contribution < 1.29 is 26.2 Å². The Labute approximate surface area is 122 Å². The quantitative estimate of drug-likeness (QED) is 0.513. The Balaban J connectivity index is 3.14. The van der Waals surface area contributed by atoms with Crippen LogP contribution in [-0.2, 0) is 20.0 Å². The number of carbonyl (C=O) groups is 1. The minimum absolute atomic E-state index is 0.145. The number of nitrogen functional groups attached to an aromatic ring is 1. The van der Waals surface area contributed by atoms with Gasteiger partial charge in [0.05, 0.1) is 17.0 Å². The number of anilines is 1. The van der Waals surface area contributed by atoms with E-state index in [1.807, 2.05) is 0 Å². The molecule has 0 aliphatic carbocycles. The van der Waals surface area contributed by atoms with E-state index < -0.39 is 36.3 Å². The van der Waals surface area contributed by atoms with Crippen LogP contribution in [0.25, 0.3) is 0 Å². The Hall–Kier alpha value is -1.91. The monoisotopic (exact) mass is 334 g/mol. The molecular formula is C11H14N2O6S2. The molecule has 1 aromatic rings. The van der Waals surface area contributed by atoms with E-state index in [0.717, 1.165) is 17.7 Å². The van der Waals surface area contributed by atoms with Crippen molar-refractivity contribution in [2.75, 3.05) is 11.5 Å². The van der Waals surface area contributed by atoms with Gasteiger partial charge in [-0.15, -0.1) is 0 Å². The van der Waals surface area contributed by atoms with E-state index in [1.54, 1.807) is 0 Å². The van der Waals surface area contributed by atoms with E-state index in [9.17, 15) is 21.6 Å². The molecule has 0 radical (unpaired) electrons. The number of hydrogen-bond acceptors (Lipinski definition) is 6.